The highest BCUT2D eigenvalue weighted by Gasteiger charge is 2.13. The smallest absolute Gasteiger partial charge is 0.330 e. The Balaban J connectivity index is 1.74. The maximum absolute atomic E-state index is 11.2. The van der Waals surface area contributed by atoms with E-state index in [0.29, 0.717) is 13.2 Å². The summed E-state index contributed by atoms with van der Waals surface area (Å²) in [7, 11) is 0. The van der Waals surface area contributed by atoms with Gasteiger partial charge in [-0.15, -0.1) is 0 Å². The van der Waals surface area contributed by atoms with Crippen LogP contribution in [0.3, 0.4) is 0 Å². The molecule has 0 bridgehead atoms. The lowest BCUT2D eigenvalue weighted by molar-refractivity contribution is -0.146. The fourth-order valence-corrected chi connectivity index (χ4v) is 3.12. The van der Waals surface area contributed by atoms with Crippen LogP contribution in [-0.2, 0) is 14.3 Å². The summed E-state index contributed by atoms with van der Waals surface area (Å²) in [5.41, 5.74) is 1.19. The molecule has 146 valence electrons. The summed E-state index contributed by atoms with van der Waals surface area (Å²) >= 11 is 0. The van der Waals surface area contributed by atoms with Crippen LogP contribution in [-0.4, -0.2) is 31.4 Å². The van der Waals surface area contributed by atoms with Crippen molar-refractivity contribution in [2.24, 2.45) is 0 Å². The van der Waals surface area contributed by atoms with Gasteiger partial charge in [-0.2, -0.15) is 0 Å². The van der Waals surface area contributed by atoms with Crippen LogP contribution in [0, 0.1) is 6.92 Å². The molecule has 0 fully saturated rings. The molecule has 0 saturated heterocycles. The fourth-order valence-electron chi connectivity index (χ4n) is 3.12. The molecule has 4 nitrogen and oxygen atoms in total. The zero-order chi connectivity index (χ0) is 20.1. The van der Waals surface area contributed by atoms with Crippen LogP contribution < -0.4 is 4.74 Å². The van der Waals surface area contributed by atoms with Crippen LogP contribution in [0.4, 0.5) is 0 Å². The van der Waals surface area contributed by atoms with Crippen LogP contribution in [0.1, 0.15) is 19.4 Å². The molecule has 0 aliphatic heterocycles. The SMILES string of the molecule is C=CC(=O)OC(C)COC(C)COc1c2ccccc2cc2ccc(C)cc12. The van der Waals surface area contributed by atoms with Crippen LogP contribution in [0.2, 0.25) is 0 Å². The molecular formula is C24H26O4. The minimum Gasteiger partial charge on any atom is -0.490 e. The molecule has 0 aliphatic carbocycles. The maximum atomic E-state index is 11.2. The van der Waals surface area contributed by atoms with Crippen LogP contribution in [0.5, 0.6) is 5.75 Å². The van der Waals surface area contributed by atoms with E-state index < -0.39 is 5.97 Å². The highest BCUT2D eigenvalue weighted by Crippen LogP contribution is 2.35. The number of aryl methyl sites for hydroxylation is 1. The number of rotatable bonds is 8. The highest BCUT2D eigenvalue weighted by molar-refractivity contribution is 6.05. The van der Waals surface area contributed by atoms with E-state index in [9.17, 15) is 4.79 Å². The van der Waals surface area contributed by atoms with Crippen molar-refractivity contribution in [1.29, 1.82) is 0 Å². The van der Waals surface area contributed by atoms with E-state index in [2.05, 4.69) is 49.9 Å². The first-order chi connectivity index (χ1) is 13.5. The lowest BCUT2D eigenvalue weighted by Crippen LogP contribution is -2.25. The molecular weight excluding hydrogens is 352 g/mol. The van der Waals surface area contributed by atoms with Gasteiger partial charge in [-0.25, -0.2) is 4.79 Å². The van der Waals surface area contributed by atoms with Crippen LogP contribution >= 0.6 is 0 Å². The van der Waals surface area contributed by atoms with E-state index in [-0.39, 0.29) is 12.2 Å². The van der Waals surface area contributed by atoms with Gasteiger partial charge in [0.1, 0.15) is 18.5 Å². The van der Waals surface area contributed by atoms with Crippen molar-refractivity contribution in [1.82, 2.24) is 0 Å². The number of fused-ring (bicyclic) bond motifs is 2. The first kappa shape index (κ1) is 19.9. The van der Waals surface area contributed by atoms with Gasteiger partial charge in [0.05, 0.1) is 12.7 Å². The Morgan fingerprint density at radius 2 is 1.75 bits per heavy atom. The van der Waals surface area contributed by atoms with Gasteiger partial charge >= 0.3 is 5.97 Å². The van der Waals surface area contributed by atoms with Gasteiger partial charge < -0.3 is 14.2 Å². The molecule has 2 atom stereocenters. The molecule has 4 heteroatoms. The van der Waals surface area contributed by atoms with Gasteiger partial charge in [-0.05, 0) is 43.7 Å². The Hall–Kier alpha value is -2.85. The number of benzene rings is 3. The van der Waals surface area contributed by atoms with E-state index in [1.807, 2.05) is 19.1 Å². The summed E-state index contributed by atoms with van der Waals surface area (Å²) in [4.78, 5) is 11.2. The Labute approximate surface area is 165 Å². The zero-order valence-electron chi connectivity index (χ0n) is 16.6. The Bertz CT molecular complexity index is 992. The summed E-state index contributed by atoms with van der Waals surface area (Å²) in [5, 5.41) is 4.48. The van der Waals surface area contributed by atoms with Gasteiger partial charge in [-0.1, -0.05) is 48.5 Å². The van der Waals surface area contributed by atoms with Crippen molar-refractivity contribution >= 4 is 27.5 Å². The predicted molar refractivity (Wildman–Crippen MR) is 113 cm³/mol. The lowest BCUT2D eigenvalue weighted by Gasteiger charge is -2.19. The van der Waals surface area contributed by atoms with Crippen molar-refractivity contribution in [2.45, 2.75) is 33.0 Å². The lowest BCUT2D eigenvalue weighted by atomic mass is 10.0. The van der Waals surface area contributed by atoms with Crippen molar-refractivity contribution in [3.8, 4) is 5.75 Å². The monoisotopic (exact) mass is 378 g/mol. The quantitative estimate of drug-likeness (QED) is 0.307. The standard InChI is InChI=1S/C24H26O4/c1-5-23(25)28-18(4)15-26-17(3)14-27-24-21-9-7-6-8-19(21)13-20-11-10-16(2)12-22(20)24/h5-13,17-18H,1,14-15H2,2-4H3. The molecule has 3 aromatic rings. The number of carbonyl (C=O) groups is 1. The third-order valence-electron chi connectivity index (χ3n) is 4.53. The van der Waals surface area contributed by atoms with E-state index >= 15 is 0 Å². The molecule has 0 amide bonds. The van der Waals surface area contributed by atoms with Gasteiger partial charge in [0, 0.05) is 16.8 Å². The fraction of sp³-hybridized carbons (Fsp3) is 0.292. The molecule has 28 heavy (non-hydrogen) atoms. The number of carbonyl (C=O) groups excluding carboxylic acids is 1. The predicted octanol–water partition coefficient (Wildman–Crippen LogP) is 5.20. The molecule has 0 N–H and O–H groups in total. The van der Waals surface area contributed by atoms with E-state index in [4.69, 9.17) is 14.2 Å². The third kappa shape index (κ3) is 4.70. The Kier molecular flexibility index (Phi) is 6.32. The minimum atomic E-state index is -0.447. The first-order valence-corrected chi connectivity index (χ1v) is 9.47. The van der Waals surface area contributed by atoms with Crippen LogP contribution in [0.15, 0.2) is 61.2 Å². The van der Waals surface area contributed by atoms with Crippen molar-refractivity contribution in [2.75, 3.05) is 13.2 Å². The van der Waals surface area contributed by atoms with Crippen LogP contribution in [0.25, 0.3) is 21.5 Å². The number of esters is 1. The van der Waals surface area contributed by atoms with E-state index in [0.717, 1.165) is 33.4 Å². The van der Waals surface area contributed by atoms with E-state index in [1.54, 1.807) is 6.92 Å². The summed E-state index contributed by atoms with van der Waals surface area (Å²) in [6.07, 6.45) is 0.661. The second-order valence-corrected chi connectivity index (χ2v) is 7.06. The van der Waals surface area contributed by atoms with Crippen molar-refractivity contribution in [3.05, 3.63) is 66.7 Å². The first-order valence-electron chi connectivity index (χ1n) is 9.47. The minimum absolute atomic E-state index is 0.149. The molecule has 2 unspecified atom stereocenters. The summed E-state index contributed by atoms with van der Waals surface area (Å²) in [6, 6.07) is 16.8. The largest absolute Gasteiger partial charge is 0.490 e. The van der Waals surface area contributed by atoms with Gasteiger partial charge in [-0.3, -0.25) is 0 Å². The zero-order valence-corrected chi connectivity index (χ0v) is 16.6. The summed E-state index contributed by atoms with van der Waals surface area (Å²) in [6.45, 7) is 9.91. The third-order valence-corrected chi connectivity index (χ3v) is 4.53. The molecule has 0 aliphatic rings. The highest BCUT2D eigenvalue weighted by atomic mass is 16.6. The summed E-state index contributed by atoms with van der Waals surface area (Å²) < 4.78 is 17.1. The van der Waals surface area contributed by atoms with Crippen molar-refractivity contribution in [3.63, 3.8) is 0 Å². The topological polar surface area (TPSA) is 44.8 Å². The molecule has 0 aromatic heterocycles. The molecule has 3 rings (SSSR count). The van der Waals surface area contributed by atoms with Gasteiger partial charge in [0.2, 0.25) is 0 Å². The van der Waals surface area contributed by atoms with E-state index in [1.165, 1.54) is 5.56 Å². The molecule has 0 radical (unpaired) electrons. The normalized spacial score (nSPS) is 13.2. The van der Waals surface area contributed by atoms with Crippen molar-refractivity contribution < 1.29 is 19.0 Å². The molecule has 0 spiro atoms. The second kappa shape index (κ2) is 8.89. The molecule has 3 aromatic carbocycles. The summed E-state index contributed by atoms with van der Waals surface area (Å²) in [5.74, 6) is 0.427. The Morgan fingerprint density at radius 3 is 2.54 bits per heavy atom. The number of hydrogen-bond donors (Lipinski definition) is 0. The molecule has 0 heterocycles. The van der Waals surface area contributed by atoms with Gasteiger partial charge in [0.25, 0.3) is 0 Å². The average molecular weight is 378 g/mol. The number of ether oxygens (including phenoxy) is 3. The van der Waals surface area contributed by atoms with Gasteiger partial charge in [0.15, 0.2) is 0 Å². The maximum Gasteiger partial charge on any atom is 0.330 e. The number of hydrogen-bond acceptors (Lipinski definition) is 4. The molecule has 0 saturated carbocycles. The second-order valence-electron chi connectivity index (χ2n) is 7.06. The average Bonchev–Trinajstić information content (AvgIpc) is 2.69. The Morgan fingerprint density at radius 1 is 1.00 bits per heavy atom.